The van der Waals surface area contributed by atoms with E-state index in [9.17, 15) is 0 Å². The van der Waals surface area contributed by atoms with Gasteiger partial charge in [-0.25, -0.2) is 9.67 Å². The van der Waals surface area contributed by atoms with Gasteiger partial charge in [0, 0.05) is 18.5 Å². The second kappa shape index (κ2) is 7.22. The van der Waals surface area contributed by atoms with Gasteiger partial charge in [0.15, 0.2) is 0 Å². The van der Waals surface area contributed by atoms with E-state index in [-0.39, 0.29) is 0 Å². The summed E-state index contributed by atoms with van der Waals surface area (Å²) >= 11 is 0. The summed E-state index contributed by atoms with van der Waals surface area (Å²) in [5.74, 6) is 1.92. The quantitative estimate of drug-likeness (QED) is 0.849. The van der Waals surface area contributed by atoms with Crippen molar-refractivity contribution >= 4 is 0 Å². The van der Waals surface area contributed by atoms with Crippen molar-refractivity contribution in [1.29, 1.82) is 0 Å². The number of rotatable bonds is 7. The van der Waals surface area contributed by atoms with Crippen molar-refractivity contribution in [2.45, 2.75) is 38.8 Å². The molecular weight excluding hydrogens is 264 g/mol. The van der Waals surface area contributed by atoms with Crippen LogP contribution in [0.15, 0.2) is 30.6 Å². The minimum atomic E-state index is 0.318. The molecule has 0 fully saturated rings. The standard InChI is InChI=1S/C16H24N4O/c1-12(2)20-16(18-11-19-20)10-14(17-3)8-13-6-5-7-15(9-13)21-4/h5-7,9,11-12,14,17H,8,10H2,1-4H3. The van der Waals surface area contributed by atoms with E-state index in [2.05, 4.69) is 41.4 Å². The third-order valence-electron chi connectivity index (χ3n) is 3.59. The number of likely N-dealkylation sites (N-methyl/N-ethyl adjacent to an activating group) is 1. The molecule has 21 heavy (non-hydrogen) atoms. The molecule has 1 aromatic heterocycles. The first-order valence-electron chi connectivity index (χ1n) is 7.32. The molecule has 0 saturated heterocycles. The monoisotopic (exact) mass is 288 g/mol. The topological polar surface area (TPSA) is 52.0 Å². The van der Waals surface area contributed by atoms with E-state index >= 15 is 0 Å². The summed E-state index contributed by atoms with van der Waals surface area (Å²) in [5.41, 5.74) is 1.25. The summed E-state index contributed by atoms with van der Waals surface area (Å²) in [5, 5.41) is 7.67. The molecule has 5 heteroatoms. The molecule has 2 aromatic rings. The molecule has 0 amide bonds. The summed E-state index contributed by atoms with van der Waals surface area (Å²) in [7, 11) is 3.68. The predicted octanol–water partition coefficient (Wildman–Crippen LogP) is 2.24. The van der Waals surface area contributed by atoms with Crippen molar-refractivity contribution in [2.24, 2.45) is 0 Å². The van der Waals surface area contributed by atoms with E-state index in [1.54, 1.807) is 13.4 Å². The van der Waals surface area contributed by atoms with E-state index < -0.39 is 0 Å². The Hall–Kier alpha value is -1.88. The van der Waals surface area contributed by atoms with Crippen LogP contribution in [-0.2, 0) is 12.8 Å². The van der Waals surface area contributed by atoms with Crippen LogP contribution in [0.25, 0.3) is 0 Å². The molecule has 0 radical (unpaired) electrons. The zero-order valence-electron chi connectivity index (χ0n) is 13.2. The average molecular weight is 288 g/mol. The van der Waals surface area contributed by atoms with Crippen LogP contribution >= 0.6 is 0 Å². The van der Waals surface area contributed by atoms with E-state index in [0.717, 1.165) is 24.4 Å². The highest BCUT2D eigenvalue weighted by Gasteiger charge is 2.14. The van der Waals surface area contributed by atoms with Gasteiger partial charge in [-0.05, 0) is 45.0 Å². The maximum absolute atomic E-state index is 5.28. The molecule has 0 spiro atoms. The fraction of sp³-hybridized carbons (Fsp3) is 0.500. The number of nitrogens with one attached hydrogen (secondary N) is 1. The van der Waals surface area contributed by atoms with Crippen LogP contribution in [0.4, 0.5) is 0 Å². The minimum Gasteiger partial charge on any atom is -0.497 e. The Bertz CT molecular complexity index is 565. The zero-order chi connectivity index (χ0) is 15.2. The molecule has 0 saturated carbocycles. The van der Waals surface area contributed by atoms with Gasteiger partial charge in [-0.1, -0.05) is 12.1 Å². The van der Waals surface area contributed by atoms with Gasteiger partial charge in [-0.2, -0.15) is 5.10 Å². The van der Waals surface area contributed by atoms with E-state index in [4.69, 9.17) is 4.74 Å². The lowest BCUT2D eigenvalue weighted by molar-refractivity contribution is 0.413. The molecule has 114 valence electrons. The first kappa shape index (κ1) is 15.5. The van der Waals surface area contributed by atoms with E-state index in [1.807, 2.05) is 23.9 Å². The number of hydrogen-bond donors (Lipinski definition) is 1. The highest BCUT2D eigenvalue weighted by molar-refractivity contribution is 5.29. The molecule has 2 rings (SSSR count). The van der Waals surface area contributed by atoms with Crippen LogP contribution in [0.5, 0.6) is 5.75 Å². The van der Waals surface area contributed by atoms with Crippen LogP contribution in [0.1, 0.15) is 31.3 Å². The summed E-state index contributed by atoms with van der Waals surface area (Å²) in [6.45, 7) is 4.24. The Labute approximate surface area is 126 Å². The van der Waals surface area contributed by atoms with Gasteiger partial charge in [-0.15, -0.1) is 0 Å². The van der Waals surface area contributed by atoms with E-state index in [1.165, 1.54) is 5.56 Å². The lowest BCUT2D eigenvalue weighted by Crippen LogP contribution is -2.31. The maximum atomic E-state index is 5.28. The largest absolute Gasteiger partial charge is 0.497 e. The summed E-state index contributed by atoms with van der Waals surface area (Å²) < 4.78 is 7.26. The Morgan fingerprint density at radius 3 is 2.76 bits per heavy atom. The SMILES string of the molecule is CNC(Cc1cccc(OC)c1)Cc1ncnn1C(C)C. The maximum Gasteiger partial charge on any atom is 0.138 e. The van der Waals surface area contributed by atoms with Crippen LogP contribution in [0.3, 0.4) is 0 Å². The van der Waals surface area contributed by atoms with Gasteiger partial charge in [0.05, 0.1) is 7.11 Å². The third-order valence-corrected chi connectivity index (χ3v) is 3.59. The summed E-state index contributed by atoms with van der Waals surface area (Å²) in [4.78, 5) is 4.39. The average Bonchev–Trinajstić information content (AvgIpc) is 2.95. The molecule has 0 bridgehead atoms. The number of nitrogens with zero attached hydrogens (tertiary/aromatic N) is 3. The number of hydrogen-bond acceptors (Lipinski definition) is 4. The molecule has 0 aliphatic heterocycles. The summed E-state index contributed by atoms with van der Waals surface area (Å²) in [6.07, 6.45) is 3.41. The number of aromatic nitrogens is 3. The zero-order valence-corrected chi connectivity index (χ0v) is 13.2. The molecule has 0 aliphatic carbocycles. The fourth-order valence-corrected chi connectivity index (χ4v) is 2.43. The number of benzene rings is 1. The minimum absolute atomic E-state index is 0.318. The van der Waals surface area contributed by atoms with Gasteiger partial charge < -0.3 is 10.1 Å². The van der Waals surface area contributed by atoms with Crippen molar-refractivity contribution in [3.05, 3.63) is 42.0 Å². The normalized spacial score (nSPS) is 12.6. The van der Waals surface area contributed by atoms with Gasteiger partial charge in [-0.3, -0.25) is 0 Å². The molecule has 1 aromatic carbocycles. The van der Waals surface area contributed by atoms with Crippen molar-refractivity contribution in [1.82, 2.24) is 20.1 Å². The summed E-state index contributed by atoms with van der Waals surface area (Å²) in [6, 6.07) is 8.85. The first-order chi connectivity index (χ1) is 10.1. The first-order valence-corrected chi connectivity index (χ1v) is 7.32. The Balaban J connectivity index is 2.07. The van der Waals surface area contributed by atoms with Crippen LogP contribution in [0, 0.1) is 0 Å². The molecule has 5 nitrogen and oxygen atoms in total. The van der Waals surface area contributed by atoms with Crippen molar-refractivity contribution in [2.75, 3.05) is 14.2 Å². The fourth-order valence-electron chi connectivity index (χ4n) is 2.43. The highest BCUT2D eigenvalue weighted by Crippen LogP contribution is 2.15. The number of methoxy groups -OCH3 is 1. The Morgan fingerprint density at radius 1 is 1.29 bits per heavy atom. The third kappa shape index (κ3) is 4.04. The molecule has 0 aliphatic rings. The smallest absolute Gasteiger partial charge is 0.138 e. The Morgan fingerprint density at radius 2 is 2.10 bits per heavy atom. The molecule has 1 heterocycles. The lowest BCUT2D eigenvalue weighted by Gasteiger charge is -2.17. The van der Waals surface area contributed by atoms with Gasteiger partial charge >= 0.3 is 0 Å². The van der Waals surface area contributed by atoms with Crippen LogP contribution in [-0.4, -0.2) is 35.0 Å². The van der Waals surface area contributed by atoms with Gasteiger partial charge in [0.2, 0.25) is 0 Å². The highest BCUT2D eigenvalue weighted by atomic mass is 16.5. The second-order valence-electron chi connectivity index (χ2n) is 5.46. The van der Waals surface area contributed by atoms with Gasteiger partial charge in [0.25, 0.3) is 0 Å². The predicted molar refractivity (Wildman–Crippen MR) is 83.7 cm³/mol. The molecular formula is C16H24N4O. The molecule has 1 atom stereocenters. The van der Waals surface area contributed by atoms with E-state index in [0.29, 0.717) is 12.1 Å². The second-order valence-corrected chi connectivity index (χ2v) is 5.46. The lowest BCUT2D eigenvalue weighted by atomic mass is 10.0. The van der Waals surface area contributed by atoms with Crippen LogP contribution in [0.2, 0.25) is 0 Å². The van der Waals surface area contributed by atoms with Gasteiger partial charge in [0.1, 0.15) is 17.9 Å². The van der Waals surface area contributed by atoms with Crippen molar-refractivity contribution in [3.8, 4) is 5.75 Å². The van der Waals surface area contributed by atoms with Crippen molar-refractivity contribution in [3.63, 3.8) is 0 Å². The van der Waals surface area contributed by atoms with Crippen LogP contribution < -0.4 is 10.1 Å². The molecule has 1 N–H and O–H groups in total. The molecule has 1 unspecified atom stereocenters. The number of ether oxygens (including phenoxy) is 1. The van der Waals surface area contributed by atoms with Crippen molar-refractivity contribution < 1.29 is 4.74 Å². The Kier molecular flexibility index (Phi) is 5.33.